The second-order valence-corrected chi connectivity index (χ2v) is 31.1. The number of hydrogen-bond acceptors (Lipinski definition) is 32. The number of nitrogens with one attached hydrogen (secondary N) is 3. The molecule has 0 saturated carbocycles. The predicted molar refractivity (Wildman–Crippen MR) is 462 cm³/mol. The van der Waals surface area contributed by atoms with Crippen LogP contribution >= 0.6 is 86.9 Å². The number of nitrogens with two attached hydrogens (primary N) is 1. The summed E-state index contributed by atoms with van der Waals surface area (Å²) < 4.78 is 48.1. The fourth-order valence-corrected chi connectivity index (χ4v) is 9.14. The number of alkyl carbamates (subject to hydrolysis) is 3. The Kier molecular flexibility index (Phi) is 121. The Morgan fingerprint density at radius 3 is 1.02 bits per heavy atom. The summed E-state index contributed by atoms with van der Waals surface area (Å²) in [6, 6.07) is 33.5. The van der Waals surface area contributed by atoms with E-state index in [1.165, 1.54) is 47.4 Å². The Balaban J connectivity index is -0.0000000873. The number of aromatic nitrogens is 8. The van der Waals surface area contributed by atoms with Gasteiger partial charge >= 0.3 is 426 Å². The third-order valence-electron chi connectivity index (χ3n) is 12.2. The summed E-state index contributed by atoms with van der Waals surface area (Å²) in [5.74, 6) is 2.89. The Morgan fingerprint density at radius 2 is 0.742 bits per heavy atom. The number of hydrogen-bond donors (Lipinski definition) is 5. The molecule has 4 unspecified atom stereocenters. The molecule has 0 saturated heterocycles. The van der Waals surface area contributed by atoms with Crippen molar-refractivity contribution in [3.8, 4) is 41.0 Å². The second-order valence-electron chi connectivity index (χ2n) is 26.9. The van der Waals surface area contributed by atoms with E-state index in [0.29, 0.717) is 81.2 Å². The van der Waals surface area contributed by atoms with Gasteiger partial charge in [0, 0.05) is 44.2 Å². The third-order valence-corrected chi connectivity index (χ3v) is 14.6. The third kappa shape index (κ3) is 90.7. The fourth-order valence-electron chi connectivity index (χ4n) is 7.74. The van der Waals surface area contributed by atoms with E-state index in [9.17, 15) is 28.8 Å². The molecule has 128 heavy (non-hydrogen) atoms. The number of ether oxygens (including phenoxy) is 9. The summed E-state index contributed by atoms with van der Waals surface area (Å²) in [6.07, 6.45) is 12.2. The van der Waals surface area contributed by atoms with E-state index < -0.39 is 35.1 Å². The van der Waals surface area contributed by atoms with Gasteiger partial charge in [0.05, 0.1) is 42.7 Å². The molecule has 0 aliphatic heterocycles. The van der Waals surface area contributed by atoms with Gasteiger partial charge in [-0.05, 0) is 169 Å². The average Bonchev–Trinajstić information content (AvgIpc) is 0.860. The maximum absolute atomic E-state index is 11.7. The van der Waals surface area contributed by atoms with Crippen LogP contribution in [-0.2, 0) is 55.9 Å². The first-order valence-corrected chi connectivity index (χ1v) is 38.4. The monoisotopic (exact) mass is 2580 g/mol. The van der Waals surface area contributed by atoms with Crippen molar-refractivity contribution in [2.75, 3.05) is 42.7 Å². The van der Waals surface area contributed by atoms with Crippen molar-refractivity contribution in [1.82, 2.24) is 55.8 Å². The number of aromatic hydroxyl groups is 1. The Hall–Kier alpha value is 3.44. The SMILES string of the molecule is CC(C)=O.COc1[c-]cc(Br)cn1.COc1[c-]cc(CC(C)=O)cn1.COc1[c-]cc(CC(C)N)cn1.COc1[c-]cc(CC(C)NC(=O)OC(C)(C)C)c(Br)n1.COc1[c-]cc(CC(C)NC(=O)OC(C)(C)C)c(C=O)n1.COc1[c-]cc(CC(C)NC(=O)OC(C)(C)C)cn1.Clc1[c-]cc(Br)cn1.Oc1cc(Br)cnc1Cl.[OH-].[OH-].[OH-].[OH-].[OH-].[OH-].[OH-].[Rb+].[Rb+].[Rb+].[Rb+].[Rb+].[Rb+].[Rb+]. The van der Waals surface area contributed by atoms with E-state index in [2.05, 4.69) is 162 Å². The van der Waals surface area contributed by atoms with Crippen molar-refractivity contribution in [3.05, 3.63) is 190 Å². The number of halogens is 6. The number of aldehydes is 1. The van der Waals surface area contributed by atoms with E-state index >= 15 is 0 Å². The van der Waals surface area contributed by atoms with Crippen molar-refractivity contribution in [2.45, 2.75) is 184 Å². The van der Waals surface area contributed by atoms with Crippen LogP contribution in [0.2, 0.25) is 10.3 Å². The van der Waals surface area contributed by atoms with Crippen molar-refractivity contribution in [2.24, 2.45) is 5.73 Å². The van der Waals surface area contributed by atoms with Gasteiger partial charge in [-0.15, -0.1) is 8.95 Å². The van der Waals surface area contributed by atoms with Crippen molar-refractivity contribution < 1.29 is 522 Å². The number of methoxy groups -OCH3 is 6. The summed E-state index contributed by atoms with van der Waals surface area (Å²) >= 11 is 23.7. The average molecular weight is 2590 g/mol. The zero-order valence-electron chi connectivity index (χ0n) is 78.1. The molecular weight excluding hydrogens is 2490 g/mol. The topological polar surface area (TPSA) is 581 Å². The van der Waals surface area contributed by atoms with Gasteiger partial charge in [0.25, 0.3) is 0 Å². The number of ketones is 2. The molecule has 8 heterocycles. The van der Waals surface area contributed by atoms with E-state index in [0.717, 1.165) is 37.6 Å². The molecule has 3 amide bonds. The molecule has 682 valence electrons. The van der Waals surface area contributed by atoms with Crippen molar-refractivity contribution in [1.29, 1.82) is 0 Å². The summed E-state index contributed by atoms with van der Waals surface area (Å²) in [6.45, 7) is 28.6. The summed E-state index contributed by atoms with van der Waals surface area (Å²) in [5, 5.41) is 17.7. The molecule has 48 heteroatoms. The summed E-state index contributed by atoms with van der Waals surface area (Å²) in [5.41, 5.74) is 8.93. The zero-order valence-corrected chi connectivity index (χ0v) is 120. The quantitative estimate of drug-likeness (QED) is 0.0205. The first-order valence-electron chi connectivity index (χ1n) is 34.5. The molecule has 8 aromatic rings. The number of carbonyl (C=O) groups is 6. The Morgan fingerprint density at radius 1 is 0.438 bits per heavy atom. The molecule has 0 aliphatic carbocycles. The molecule has 4 atom stereocenters. The maximum Gasteiger partial charge on any atom is 1.00 e. The Labute approximate surface area is 1140 Å². The molecular formula is C80H108Br4Cl2N12O23Rb7-7. The standard InChI is InChI=1S/C15H21N2O4.C14H20BrN2O3.C14H21N2O3.C9H13N2O.C9H10NO2.C6H5BrNO.C5H3BrClNO.C5H2BrClN.C3H6O.7H2O.7Rb/c1-10(16-14(19)21-15(2,3)4)8-11-6-7-13(20-5)17-12(11)9-18;1-9(16-13(18)20-14(2,3)4)8-10-6-7-11(19-5)17-12(10)15;1-10(16-13(17)19-14(2,3)4)8-11-6-7-12(18-5)15-9-11;1-7(10)5-8-3-4-9(12-2)11-6-8;1-7(11)5-8-3-4-9(12-2)10-6-8;1-9-6-3-2-5(7)4-8-6;6-3-1-4(9)5(7)8-2-3;6-4-1-2-5(7)8-3-4;1-3(2)4;;;;;;;;;;;;;;/h6,9-10H,8H2,1-5H3,(H,16,19);6,9H,8H2,1-5H3,(H,16,18);6,9-10H,8H2,1-5H3,(H,16,17);3,6-7H,5,10H2,1-2H3;3,6H,5H2,1-2H3;2,4H,1H3;1-2,9H;1,3H;1-2H3;7*1H2;;;;;;;/q6*-1;;-1;;;;;;;;;7*+1/p-7. The van der Waals surface area contributed by atoms with Gasteiger partial charge in [-0.1, -0.05) is 71.7 Å². The number of pyridine rings is 8. The minimum Gasteiger partial charge on any atom is -0.870 e. The van der Waals surface area contributed by atoms with Crippen LogP contribution in [0.15, 0.2) is 104 Å². The molecule has 0 radical (unpaired) electrons. The van der Waals surface area contributed by atoms with Gasteiger partial charge in [-0.3, -0.25) is 29.7 Å². The minimum absolute atomic E-state index is 0. The number of rotatable bonds is 20. The van der Waals surface area contributed by atoms with Crippen LogP contribution in [0.1, 0.15) is 149 Å². The predicted octanol–water partition coefficient (Wildman–Crippen LogP) is -6.05. The summed E-state index contributed by atoms with van der Waals surface area (Å²) in [4.78, 5) is 97.5. The van der Waals surface area contributed by atoms with Crippen molar-refractivity contribution >= 4 is 123 Å². The van der Waals surface area contributed by atoms with Crippen LogP contribution in [0, 0.1) is 42.5 Å². The number of nitrogens with zero attached hydrogens (tertiary/aromatic N) is 8. The van der Waals surface area contributed by atoms with E-state index in [1.54, 1.807) is 116 Å². The van der Waals surface area contributed by atoms with Gasteiger partial charge in [-0.25, -0.2) is 77.9 Å². The molecule has 8 aromatic heterocycles. The Bertz CT molecular complexity index is 4140. The van der Waals surface area contributed by atoms with Gasteiger partial charge in [0.2, 0.25) is 0 Å². The van der Waals surface area contributed by atoms with Crippen LogP contribution in [-0.4, -0.2) is 203 Å². The second kappa shape index (κ2) is 94.0. The van der Waals surface area contributed by atoms with Crippen LogP contribution in [0.5, 0.6) is 41.0 Å². The zero-order chi connectivity index (χ0) is 86.9. The largest absolute Gasteiger partial charge is 1.00 e. The number of Topliss-reactive ketones (excluding diaryl/α,β-unsaturated/α-hetero) is 2. The molecule has 0 spiro atoms. The van der Waals surface area contributed by atoms with Gasteiger partial charge in [0.15, 0.2) is 17.2 Å². The fraction of sp³-hybridized carbons (Fsp3) is 0.425. The molecule has 13 N–H and O–H groups in total. The summed E-state index contributed by atoms with van der Waals surface area (Å²) in [7, 11) is 9.21. The molecule has 35 nitrogen and oxygen atoms in total. The van der Waals surface area contributed by atoms with Gasteiger partial charge < -0.3 is 117 Å². The molecule has 0 bridgehead atoms. The van der Waals surface area contributed by atoms with Crippen LogP contribution in [0.25, 0.3) is 0 Å². The molecule has 0 aliphatic rings. The van der Waals surface area contributed by atoms with E-state index in [1.807, 2.05) is 75.3 Å². The van der Waals surface area contributed by atoms with E-state index in [4.69, 9.17) is 76.7 Å². The number of carbonyl (C=O) groups excluding carboxylic acids is 6. The van der Waals surface area contributed by atoms with Crippen LogP contribution < -0.4 is 457 Å². The molecule has 0 aromatic carbocycles. The molecule has 8 rings (SSSR count). The normalized spacial score (nSPS) is 10.1. The number of amides is 3. The maximum atomic E-state index is 11.7. The van der Waals surface area contributed by atoms with Crippen LogP contribution in [0.3, 0.4) is 0 Å². The van der Waals surface area contributed by atoms with Crippen LogP contribution in [0.4, 0.5) is 14.4 Å². The van der Waals surface area contributed by atoms with Gasteiger partial charge in [-0.2, -0.15) is 96.1 Å². The first-order chi connectivity index (χ1) is 53.2. The van der Waals surface area contributed by atoms with E-state index in [-0.39, 0.29) is 504 Å². The smallest absolute Gasteiger partial charge is 0.870 e. The van der Waals surface area contributed by atoms with Gasteiger partial charge in [0.1, 0.15) is 63.6 Å². The van der Waals surface area contributed by atoms with Crippen molar-refractivity contribution in [3.63, 3.8) is 0 Å². The molecule has 0 fully saturated rings. The first kappa shape index (κ1) is 165. The minimum atomic E-state index is -0.548.